The SMILES string of the molecule is COC(CNc1ncnc2c(C)csc12)OC. The average molecular weight is 253 g/mol. The Balaban J connectivity index is 2.18. The Morgan fingerprint density at radius 1 is 1.35 bits per heavy atom. The summed E-state index contributed by atoms with van der Waals surface area (Å²) in [7, 11) is 3.22. The van der Waals surface area contributed by atoms with Crippen molar-refractivity contribution in [2.45, 2.75) is 13.2 Å². The van der Waals surface area contributed by atoms with Crippen LogP contribution in [0.1, 0.15) is 5.56 Å². The molecule has 0 fully saturated rings. The van der Waals surface area contributed by atoms with Crippen molar-refractivity contribution in [2.75, 3.05) is 26.1 Å². The molecule has 6 heteroatoms. The number of nitrogens with one attached hydrogen (secondary N) is 1. The summed E-state index contributed by atoms with van der Waals surface area (Å²) < 4.78 is 11.3. The molecule has 5 nitrogen and oxygen atoms in total. The Hall–Kier alpha value is -1.24. The first-order valence-electron chi connectivity index (χ1n) is 5.24. The van der Waals surface area contributed by atoms with Crippen LogP contribution in [0.2, 0.25) is 0 Å². The van der Waals surface area contributed by atoms with Crippen LogP contribution in [0.25, 0.3) is 10.2 Å². The molecule has 17 heavy (non-hydrogen) atoms. The Morgan fingerprint density at radius 3 is 2.82 bits per heavy atom. The van der Waals surface area contributed by atoms with E-state index < -0.39 is 0 Å². The van der Waals surface area contributed by atoms with Crippen LogP contribution in [0.15, 0.2) is 11.7 Å². The number of anilines is 1. The number of fused-ring (bicyclic) bond motifs is 1. The van der Waals surface area contributed by atoms with Gasteiger partial charge in [-0.25, -0.2) is 9.97 Å². The highest BCUT2D eigenvalue weighted by Gasteiger charge is 2.10. The van der Waals surface area contributed by atoms with Crippen LogP contribution in [0.3, 0.4) is 0 Å². The van der Waals surface area contributed by atoms with Gasteiger partial charge in [0.1, 0.15) is 12.1 Å². The maximum atomic E-state index is 5.11. The number of aryl methyl sites for hydroxylation is 1. The second kappa shape index (κ2) is 5.39. The second-order valence-electron chi connectivity index (χ2n) is 3.60. The molecule has 0 aliphatic rings. The van der Waals surface area contributed by atoms with Crippen LogP contribution in [0.4, 0.5) is 5.82 Å². The van der Waals surface area contributed by atoms with Crippen LogP contribution >= 0.6 is 11.3 Å². The zero-order valence-electron chi connectivity index (χ0n) is 10.1. The van der Waals surface area contributed by atoms with Gasteiger partial charge in [-0.2, -0.15) is 0 Å². The summed E-state index contributed by atoms with van der Waals surface area (Å²) >= 11 is 1.64. The number of rotatable bonds is 5. The third-order valence-corrected chi connectivity index (χ3v) is 3.59. The number of methoxy groups -OCH3 is 2. The highest BCUT2D eigenvalue weighted by molar-refractivity contribution is 7.18. The minimum atomic E-state index is -0.277. The fraction of sp³-hybridized carbons (Fsp3) is 0.455. The number of aromatic nitrogens is 2. The quantitative estimate of drug-likeness (QED) is 0.826. The number of thiophene rings is 1. The lowest BCUT2D eigenvalue weighted by molar-refractivity contribution is -0.0914. The van der Waals surface area contributed by atoms with E-state index >= 15 is 0 Å². The second-order valence-corrected chi connectivity index (χ2v) is 4.48. The van der Waals surface area contributed by atoms with Gasteiger partial charge in [-0.15, -0.1) is 11.3 Å². The molecule has 2 aromatic heterocycles. The molecule has 0 spiro atoms. The van der Waals surface area contributed by atoms with Crippen molar-refractivity contribution in [1.29, 1.82) is 0 Å². The van der Waals surface area contributed by atoms with Gasteiger partial charge in [-0.1, -0.05) is 0 Å². The van der Waals surface area contributed by atoms with Crippen molar-refractivity contribution in [2.24, 2.45) is 0 Å². The normalized spacial score (nSPS) is 11.3. The van der Waals surface area contributed by atoms with E-state index in [1.807, 2.05) is 6.92 Å². The van der Waals surface area contributed by atoms with Gasteiger partial charge in [0.15, 0.2) is 6.29 Å². The van der Waals surface area contributed by atoms with Gasteiger partial charge in [0.25, 0.3) is 0 Å². The molecule has 2 heterocycles. The fourth-order valence-corrected chi connectivity index (χ4v) is 2.51. The van der Waals surface area contributed by atoms with Gasteiger partial charge >= 0.3 is 0 Å². The Morgan fingerprint density at radius 2 is 2.12 bits per heavy atom. The summed E-state index contributed by atoms with van der Waals surface area (Å²) in [5.41, 5.74) is 2.17. The molecule has 0 radical (unpaired) electrons. The number of hydrogen-bond acceptors (Lipinski definition) is 6. The largest absolute Gasteiger partial charge is 0.364 e. The maximum absolute atomic E-state index is 5.11. The van der Waals surface area contributed by atoms with Gasteiger partial charge in [-0.3, -0.25) is 0 Å². The van der Waals surface area contributed by atoms with Crippen molar-refractivity contribution in [3.05, 3.63) is 17.3 Å². The molecule has 0 aliphatic heterocycles. The van der Waals surface area contributed by atoms with E-state index in [0.717, 1.165) is 16.0 Å². The molecule has 0 saturated carbocycles. The van der Waals surface area contributed by atoms with E-state index in [-0.39, 0.29) is 6.29 Å². The predicted octanol–water partition coefficient (Wildman–Crippen LogP) is 2.03. The molecule has 0 unspecified atom stereocenters. The first-order chi connectivity index (χ1) is 8.26. The molecule has 2 rings (SSSR count). The van der Waals surface area contributed by atoms with Gasteiger partial charge in [-0.05, 0) is 17.9 Å². The molecular formula is C11H15N3O2S. The zero-order valence-corrected chi connectivity index (χ0v) is 10.9. The van der Waals surface area contributed by atoms with E-state index in [1.165, 1.54) is 5.56 Å². The highest BCUT2D eigenvalue weighted by atomic mass is 32.1. The van der Waals surface area contributed by atoms with Crippen molar-refractivity contribution < 1.29 is 9.47 Å². The van der Waals surface area contributed by atoms with Crippen molar-refractivity contribution in [3.63, 3.8) is 0 Å². The number of ether oxygens (including phenoxy) is 2. The topological polar surface area (TPSA) is 56.3 Å². The Bertz CT molecular complexity index is 496. The first kappa shape index (κ1) is 12.2. The van der Waals surface area contributed by atoms with Gasteiger partial charge in [0.2, 0.25) is 0 Å². The molecule has 92 valence electrons. The monoisotopic (exact) mass is 253 g/mol. The van der Waals surface area contributed by atoms with Crippen LogP contribution in [0, 0.1) is 6.92 Å². The molecule has 0 amide bonds. The summed E-state index contributed by atoms with van der Waals surface area (Å²) in [6.45, 7) is 2.60. The van der Waals surface area contributed by atoms with Crippen LogP contribution in [-0.2, 0) is 9.47 Å². The molecule has 0 bridgehead atoms. The number of nitrogens with zero attached hydrogens (tertiary/aromatic N) is 2. The third-order valence-electron chi connectivity index (χ3n) is 2.49. The predicted molar refractivity (Wildman–Crippen MR) is 68.4 cm³/mol. The standard InChI is InChI=1S/C11H15N3O2S/c1-7-5-17-10-9(7)13-6-14-11(10)12-4-8(15-2)16-3/h5-6,8H,4H2,1-3H3,(H,12,13,14). The molecule has 0 atom stereocenters. The summed E-state index contributed by atoms with van der Waals surface area (Å²) in [5, 5.41) is 5.29. The summed E-state index contributed by atoms with van der Waals surface area (Å²) in [4.78, 5) is 8.50. The summed E-state index contributed by atoms with van der Waals surface area (Å²) in [5.74, 6) is 0.826. The molecule has 0 aliphatic carbocycles. The Kier molecular flexibility index (Phi) is 3.88. The van der Waals surface area contributed by atoms with E-state index in [9.17, 15) is 0 Å². The molecule has 2 aromatic rings. The van der Waals surface area contributed by atoms with E-state index in [2.05, 4.69) is 20.7 Å². The van der Waals surface area contributed by atoms with Gasteiger partial charge in [0.05, 0.1) is 16.8 Å². The van der Waals surface area contributed by atoms with Crippen molar-refractivity contribution in [1.82, 2.24) is 9.97 Å². The minimum absolute atomic E-state index is 0.277. The molecule has 1 N–H and O–H groups in total. The lowest BCUT2D eigenvalue weighted by atomic mass is 10.3. The van der Waals surface area contributed by atoms with E-state index in [4.69, 9.17) is 9.47 Å². The Labute approximate surface area is 104 Å². The summed E-state index contributed by atoms with van der Waals surface area (Å²) in [6.07, 6.45) is 1.29. The third kappa shape index (κ3) is 2.54. The molecule has 0 aromatic carbocycles. The smallest absolute Gasteiger partial charge is 0.173 e. The summed E-state index contributed by atoms with van der Waals surface area (Å²) in [6, 6.07) is 0. The lowest BCUT2D eigenvalue weighted by Gasteiger charge is -2.14. The van der Waals surface area contributed by atoms with Gasteiger partial charge in [0, 0.05) is 14.2 Å². The minimum Gasteiger partial charge on any atom is -0.364 e. The first-order valence-corrected chi connectivity index (χ1v) is 6.12. The zero-order chi connectivity index (χ0) is 12.3. The van der Waals surface area contributed by atoms with Gasteiger partial charge < -0.3 is 14.8 Å². The van der Waals surface area contributed by atoms with Crippen LogP contribution in [-0.4, -0.2) is 37.0 Å². The van der Waals surface area contributed by atoms with Crippen LogP contribution in [0.5, 0.6) is 0 Å². The van der Waals surface area contributed by atoms with E-state index in [0.29, 0.717) is 6.54 Å². The molecular weight excluding hydrogens is 238 g/mol. The van der Waals surface area contributed by atoms with E-state index in [1.54, 1.807) is 31.9 Å². The maximum Gasteiger partial charge on any atom is 0.173 e. The highest BCUT2D eigenvalue weighted by Crippen LogP contribution is 2.28. The van der Waals surface area contributed by atoms with Crippen LogP contribution < -0.4 is 5.32 Å². The average Bonchev–Trinajstić information content (AvgIpc) is 2.73. The molecule has 0 saturated heterocycles. The van der Waals surface area contributed by atoms with Crippen molar-refractivity contribution in [3.8, 4) is 0 Å². The van der Waals surface area contributed by atoms with Crippen molar-refractivity contribution >= 4 is 27.4 Å². The fourth-order valence-electron chi connectivity index (χ4n) is 1.54. The number of hydrogen-bond donors (Lipinski definition) is 1. The lowest BCUT2D eigenvalue weighted by Crippen LogP contribution is -2.24.